The van der Waals surface area contributed by atoms with Gasteiger partial charge in [0, 0.05) is 6.04 Å². The SMILES string of the molecule is CC1CCNC(c2ccc(C(F)(F)F)cc2)C1.Cl. The molecule has 1 N–H and O–H groups in total. The van der Waals surface area contributed by atoms with Crippen LogP contribution in [0.25, 0.3) is 0 Å². The Hall–Kier alpha value is -0.740. The summed E-state index contributed by atoms with van der Waals surface area (Å²) in [4.78, 5) is 0. The summed E-state index contributed by atoms with van der Waals surface area (Å²) in [6, 6.07) is 5.69. The lowest BCUT2D eigenvalue weighted by atomic mass is 9.90. The van der Waals surface area contributed by atoms with Crippen molar-refractivity contribution in [1.82, 2.24) is 5.32 Å². The van der Waals surface area contributed by atoms with E-state index in [1.807, 2.05) is 0 Å². The molecule has 1 nitrogen and oxygen atoms in total. The molecule has 0 radical (unpaired) electrons. The molecule has 0 aromatic heterocycles. The summed E-state index contributed by atoms with van der Waals surface area (Å²) >= 11 is 0. The molecular formula is C13H17ClF3N. The molecule has 0 aliphatic carbocycles. The van der Waals surface area contributed by atoms with Gasteiger partial charge in [0.1, 0.15) is 0 Å². The number of halogens is 4. The highest BCUT2D eigenvalue weighted by molar-refractivity contribution is 5.85. The molecule has 0 spiro atoms. The molecule has 0 saturated carbocycles. The Kier molecular flexibility index (Phi) is 5.05. The van der Waals surface area contributed by atoms with Gasteiger partial charge in [-0.2, -0.15) is 13.2 Å². The van der Waals surface area contributed by atoms with E-state index in [0.29, 0.717) is 5.92 Å². The highest BCUT2D eigenvalue weighted by atomic mass is 35.5. The lowest BCUT2D eigenvalue weighted by molar-refractivity contribution is -0.137. The molecule has 102 valence electrons. The molecular weight excluding hydrogens is 263 g/mol. The van der Waals surface area contributed by atoms with Crippen LogP contribution in [-0.4, -0.2) is 6.54 Å². The van der Waals surface area contributed by atoms with Crippen LogP contribution in [0.1, 0.15) is 36.9 Å². The van der Waals surface area contributed by atoms with Crippen molar-refractivity contribution in [1.29, 1.82) is 0 Å². The lowest BCUT2D eigenvalue weighted by Crippen LogP contribution is -2.30. The minimum absolute atomic E-state index is 0. The number of benzene rings is 1. The Balaban J connectivity index is 0.00000162. The van der Waals surface area contributed by atoms with Gasteiger partial charge in [0.05, 0.1) is 5.56 Å². The van der Waals surface area contributed by atoms with E-state index in [0.717, 1.165) is 37.1 Å². The van der Waals surface area contributed by atoms with E-state index in [1.54, 1.807) is 12.1 Å². The van der Waals surface area contributed by atoms with Crippen LogP contribution in [0.15, 0.2) is 24.3 Å². The topological polar surface area (TPSA) is 12.0 Å². The van der Waals surface area contributed by atoms with Crippen molar-refractivity contribution in [2.24, 2.45) is 5.92 Å². The molecule has 2 rings (SSSR count). The van der Waals surface area contributed by atoms with Gasteiger partial charge in [-0.3, -0.25) is 0 Å². The lowest BCUT2D eigenvalue weighted by Gasteiger charge is -2.28. The molecule has 0 bridgehead atoms. The van der Waals surface area contributed by atoms with E-state index in [1.165, 1.54) is 0 Å². The average Bonchev–Trinajstić information content (AvgIpc) is 2.28. The molecule has 1 aromatic rings. The Morgan fingerprint density at radius 3 is 2.28 bits per heavy atom. The van der Waals surface area contributed by atoms with Gasteiger partial charge in [0.2, 0.25) is 0 Å². The summed E-state index contributed by atoms with van der Waals surface area (Å²) in [5.74, 6) is 0.628. The first kappa shape index (κ1) is 15.3. The standard InChI is InChI=1S/C13H16F3N.ClH/c1-9-6-7-17-12(8-9)10-2-4-11(5-3-10)13(14,15)16;/h2-5,9,12,17H,6-8H2,1H3;1H. The van der Waals surface area contributed by atoms with Gasteiger partial charge in [0.25, 0.3) is 0 Å². The molecule has 18 heavy (non-hydrogen) atoms. The summed E-state index contributed by atoms with van der Waals surface area (Å²) in [6.07, 6.45) is -2.12. The average molecular weight is 280 g/mol. The monoisotopic (exact) mass is 279 g/mol. The maximum absolute atomic E-state index is 12.4. The molecule has 2 unspecified atom stereocenters. The largest absolute Gasteiger partial charge is 0.416 e. The number of alkyl halides is 3. The summed E-state index contributed by atoms with van der Waals surface area (Å²) < 4.78 is 37.2. The smallest absolute Gasteiger partial charge is 0.310 e. The highest BCUT2D eigenvalue weighted by Crippen LogP contribution is 2.32. The van der Waals surface area contributed by atoms with E-state index in [4.69, 9.17) is 0 Å². The Bertz CT molecular complexity index is 375. The van der Waals surface area contributed by atoms with Crippen molar-refractivity contribution in [3.8, 4) is 0 Å². The van der Waals surface area contributed by atoms with Crippen molar-refractivity contribution < 1.29 is 13.2 Å². The van der Waals surface area contributed by atoms with Crippen LogP contribution in [0, 0.1) is 5.92 Å². The van der Waals surface area contributed by atoms with Crippen LogP contribution in [0.4, 0.5) is 13.2 Å². The second-order valence-corrected chi connectivity index (χ2v) is 4.76. The van der Waals surface area contributed by atoms with Crippen LogP contribution in [0.3, 0.4) is 0 Å². The van der Waals surface area contributed by atoms with Gasteiger partial charge in [0.15, 0.2) is 0 Å². The van der Waals surface area contributed by atoms with E-state index in [-0.39, 0.29) is 18.4 Å². The molecule has 1 aliphatic heterocycles. The maximum Gasteiger partial charge on any atom is 0.416 e. The van der Waals surface area contributed by atoms with E-state index >= 15 is 0 Å². The van der Waals surface area contributed by atoms with Crippen LogP contribution in [-0.2, 0) is 6.18 Å². The molecule has 1 saturated heterocycles. The van der Waals surface area contributed by atoms with Crippen LogP contribution < -0.4 is 5.32 Å². The Morgan fingerprint density at radius 2 is 1.78 bits per heavy atom. The van der Waals surface area contributed by atoms with Crippen molar-refractivity contribution in [2.45, 2.75) is 32.0 Å². The first-order chi connectivity index (χ1) is 7.97. The normalized spacial score (nSPS) is 24.4. The van der Waals surface area contributed by atoms with Gasteiger partial charge in [-0.15, -0.1) is 12.4 Å². The van der Waals surface area contributed by atoms with Gasteiger partial charge in [-0.05, 0) is 43.0 Å². The van der Waals surface area contributed by atoms with E-state index in [2.05, 4.69) is 12.2 Å². The highest BCUT2D eigenvalue weighted by Gasteiger charge is 2.30. The van der Waals surface area contributed by atoms with Crippen molar-refractivity contribution in [2.75, 3.05) is 6.54 Å². The van der Waals surface area contributed by atoms with Crippen LogP contribution >= 0.6 is 12.4 Å². The fraction of sp³-hybridized carbons (Fsp3) is 0.538. The third kappa shape index (κ3) is 3.62. The predicted molar refractivity (Wildman–Crippen MR) is 67.8 cm³/mol. The van der Waals surface area contributed by atoms with Crippen molar-refractivity contribution in [3.05, 3.63) is 35.4 Å². The van der Waals surface area contributed by atoms with Gasteiger partial charge in [-0.25, -0.2) is 0 Å². The van der Waals surface area contributed by atoms with E-state index < -0.39 is 11.7 Å². The van der Waals surface area contributed by atoms with Crippen LogP contribution in [0.5, 0.6) is 0 Å². The fourth-order valence-corrected chi connectivity index (χ4v) is 2.27. The number of nitrogens with one attached hydrogen (secondary N) is 1. The molecule has 5 heteroatoms. The number of piperidine rings is 1. The van der Waals surface area contributed by atoms with Gasteiger partial charge in [-0.1, -0.05) is 19.1 Å². The molecule has 1 aliphatic rings. The first-order valence-corrected chi connectivity index (χ1v) is 5.87. The third-order valence-corrected chi connectivity index (χ3v) is 3.31. The first-order valence-electron chi connectivity index (χ1n) is 5.87. The van der Waals surface area contributed by atoms with Crippen LogP contribution in [0.2, 0.25) is 0 Å². The van der Waals surface area contributed by atoms with E-state index in [9.17, 15) is 13.2 Å². The summed E-state index contributed by atoms with van der Waals surface area (Å²) in [5, 5.41) is 3.34. The van der Waals surface area contributed by atoms with Crippen molar-refractivity contribution in [3.63, 3.8) is 0 Å². The minimum atomic E-state index is -4.24. The Morgan fingerprint density at radius 1 is 1.17 bits per heavy atom. The zero-order chi connectivity index (χ0) is 12.5. The molecule has 0 amide bonds. The third-order valence-electron chi connectivity index (χ3n) is 3.31. The summed E-state index contributed by atoms with van der Waals surface area (Å²) in [7, 11) is 0. The zero-order valence-electron chi connectivity index (χ0n) is 10.1. The fourth-order valence-electron chi connectivity index (χ4n) is 2.27. The maximum atomic E-state index is 12.4. The summed E-state index contributed by atoms with van der Waals surface area (Å²) in [5.41, 5.74) is 0.370. The quantitative estimate of drug-likeness (QED) is 0.813. The molecule has 1 fully saturated rings. The minimum Gasteiger partial charge on any atom is -0.310 e. The molecule has 1 heterocycles. The number of hydrogen-bond acceptors (Lipinski definition) is 1. The Labute approximate surface area is 111 Å². The molecule has 2 atom stereocenters. The van der Waals surface area contributed by atoms with Crippen molar-refractivity contribution >= 4 is 12.4 Å². The molecule has 1 aromatic carbocycles. The number of rotatable bonds is 1. The van der Waals surface area contributed by atoms with Gasteiger partial charge >= 0.3 is 6.18 Å². The van der Waals surface area contributed by atoms with Gasteiger partial charge < -0.3 is 5.32 Å². The zero-order valence-corrected chi connectivity index (χ0v) is 10.9. The summed E-state index contributed by atoms with van der Waals surface area (Å²) in [6.45, 7) is 3.12. The predicted octanol–water partition coefficient (Wildman–Crippen LogP) is 4.19. The number of hydrogen-bond donors (Lipinski definition) is 1. The second-order valence-electron chi connectivity index (χ2n) is 4.76. The second kappa shape index (κ2) is 5.93.